The van der Waals surface area contributed by atoms with Crippen molar-refractivity contribution in [3.05, 3.63) is 18.0 Å². The highest BCUT2D eigenvalue weighted by Crippen LogP contribution is 2.37. The van der Waals surface area contributed by atoms with Gasteiger partial charge >= 0.3 is 0 Å². The zero-order valence-corrected chi connectivity index (χ0v) is 12.6. The maximum atomic E-state index is 5.84. The van der Waals surface area contributed by atoms with E-state index in [2.05, 4.69) is 44.3 Å². The molecule has 1 N–H and O–H groups in total. The van der Waals surface area contributed by atoms with Crippen molar-refractivity contribution in [1.82, 2.24) is 15.1 Å². The molecular weight excluding hydrogens is 238 g/mol. The van der Waals surface area contributed by atoms with Gasteiger partial charge in [0.1, 0.15) is 0 Å². The molecule has 108 valence electrons. The van der Waals surface area contributed by atoms with Gasteiger partial charge in [-0.1, -0.05) is 13.8 Å². The van der Waals surface area contributed by atoms with Crippen LogP contribution >= 0.6 is 0 Å². The van der Waals surface area contributed by atoms with Crippen molar-refractivity contribution < 1.29 is 4.74 Å². The van der Waals surface area contributed by atoms with Crippen molar-refractivity contribution >= 4 is 0 Å². The van der Waals surface area contributed by atoms with E-state index in [1.54, 1.807) is 0 Å². The van der Waals surface area contributed by atoms with Gasteiger partial charge in [0.05, 0.1) is 12.3 Å². The van der Waals surface area contributed by atoms with Gasteiger partial charge in [-0.3, -0.25) is 4.68 Å². The minimum Gasteiger partial charge on any atom is -0.378 e. The van der Waals surface area contributed by atoms with Crippen LogP contribution in [-0.2, 0) is 17.7 Å². The molecule has 2 unspecified atom stereocenters. The number of aryl methyl sites for hydroxylation is 1. The molecule has 19 heavy (non-hydrogen) atoms. The third kappa shape index (κ3) is 3.37. The summed E-state index contributed by atoms with van der Waals surface area (Å²) in [6, 6.07) is 0.517. The fraction of sp³-hybridized carbons (Fsp3) is 0.800. The molecule has 1 aliphatic heterocycles. The van der Waals surface area contributed by atoms with Gasteiger partial charge in [0, 0.05) is 37.4 Å². The minimum atomic E-state index is 0.214. The third-order valence-electron chi connectivity index (χ3n) is 4.26. The summed E-state index contributed by atoms with van der Waals surface area (Å²) >= 11 is 0. The zero-order valence-electron chi connectivity index (χ0n) is 12.6. The average Bonchev–Trinajstić information content (AvgIpc) is 2.96. The standard InChI is InChI=1S/C15H27N3O/c1-5-18-10-14(9-17-18)8-15(11-16-12(2)3)6-7-19-13(15)4/h9-10,12-13,16H,5-8,11H2,1-4H3. The molecule has 1 fully saturated rings. The van der Waals surface area contributed by atoms with E-state index in [9.17, 15) is 0 Å². The summed E-state index contributed by atoms with van der Waals surface area (Å²) in [4.78, 5) is 0. The number of rotatable bonds is 6. The molecule has 4 heteroatoms. The van der Waals surface area contributed by atoms with Gasteiger partial charge in [-0.05, 0) is 32.3 Å². The number of hydrogen-bond donors (Lipinski definition) is 1. The number of aromatic nitrogens is 2. The average molecular weight is 265 g/mol. The lowest BCUT2D eigenvalue weighted by atomic mass is 9.76. The topological polar surface area (TPSA) is 39.1 Å². The molecular formula is C15H27N3O. The molecule has 0 radical (unpaired) electrons. The van der Waals surface area contributed by atoms with Crippen molar-refractivity contribution in [2.75, 3.05) is 13.2 Å². The Morgan fingerprint density at radius 3 is 2.89 bits per heavy atom. The summed E-state index contributed by atoms with van der Waals surface area (Å²) in [5.41, 5.74) is 1.54. The van der Waals surface area contributed by atoms with Crippen LogP contribution in [0.3, 0.4) is 0 Å². The van der Waals surface area contributed by atoms with E-state index in [0.717, 1.165) is 32.5 Å². The first-order valence-electron chi connectivity index (χ1n) is 7.42. The lowest BCUT2D eigenvalue weighted by Crippen LogP contribution is -2.43. The lowest BCUT2D eigenvalue weighted by Gasteiger charge is -2.33. The maximum Gasteiger partial charge on any atom is 0.0619 e. The van der Waals surface area contributed by atoms with Crippen molar-refractivity contribution in [3.63, 3.8) is 0 Å². The molecule has 1 aliphatic rings. The molecule has 1 aromatic heterocycles. The molecule has 0 spiro atoms. The van der Waals surface area contributed by atoms with Crippen LogP contribution in [0.2, 0.25) is 0 Å². The van der Waals surface area contributed by atoms with Crippen LogP contribution < -0.4 is 5.32 Å². The van der Waals surface area contributed by atoms with Gasteiger partial charge in [-0.2, -0.15) is 5.10 Å². The molecule has 1 saturated heterocycles. The summed E-state index contributed by atoms with van der Waals surface area (Å²) in [7, 11) is 0. The molecule has 2 atom stereocenters. The molecule has 1 aromatic rings. The Kier molecular flexibility index (Phi) is 4.63. The van der Waals surface area contributed by atoms with Gasteiger partial charge < -0.3 is 10.1 Å². The fourth-order valence-electron chi connectivity index (χ4n) is 2.83. The largest absolute Gasteiger partial charge is 0.378 e. The third-order valence-corrected chi connectivity index (χ3v) is 4.26. The predicted molar refractivity (Wildman–Crippen MR) is 77.2 cm³/mol. The van der Waals surface area contributed by atoms with Crippen LogP contribution in [0.1, 0.15) is 39.7 Å². The molecule has 0 bridgehead atoms. The van der Waals surface area contributed by atoms with Crippen LogP contribution in [0.5, 0.6) is 0 Å². The normalized spacial score (nSPS) is 27.3. The van der Waals surface area contributed by atoms with Crippen molar-refractivity contribution in [2.45, 2.75) is 59.2 Å². The summed E-state index contributed by atoms with van der Waals surface area (Å²) in [5, 5.41) is 7.98. The van der Waals surface area contributed by atoms with Gasteiger partial charge in [0.2, 0.25) is 0 Å². The Morgan fingerprint density at radius 1 is 1.58 bits per heavy atom. The summed E-state index contributed by atoms with van der Waals surface area (Å²) < 4.78 is 7.84. The molecule has 4 nitrogen and oxygen atoms in total. The first kappa shape index (κ1) is 14.5. The number of nitrogens with zero attached hydrogens (tertiary/aromatic N) is 2. The van der Waals surface area contributed by atoms with Crippen molar-refractivity contribution in [1.29, 1.82) is 0 Å². The Morgan fingerprint density at radius 2 is 2.37 bits per heavy atom. The van der Waals surface area contributed by atoms with E-state index >= 15 is 0 Å². The SMILES string of the molecule is CCn1cc(CC2(CNC(C)C)CCOC2C)cn1. The van der Waals surface area contributed by atoms with Crippen LogP contribution in [0.15, 0.2) is 12.4 Å². The predicted octanol–water partition coefficient (Wildman–Crippen LogP) is 2.24. The van der Waals surface area contributed by atoms with E-state index in [1.165, 1.54) is 5.56 Å². The molecule has 2 heterocycles. The number of nitrogens with one attached hydrogen (secondary N) is 1. The monoisotopic (exact) mass is 265 g/mol. The van der Waals surface area contributed by atoms with Crippen molar-refractivity contribution in [3.8, 4) is 0 Å². The Labute approximate surface area is 116 Å². The quantitative estimate of drug-likeness (QED) is 0.857. The number of hydrogen-bond acceptors (Lipinski definition) is 3. The van der Waals surface area contributed by atoms with E-state index in [0.29, 0.717) is 12.1 Å². The van der Waals surface area contributed by atoms with Crippen molar-refractivity contribution in [2.24, 2.45) is 5.41 Å². The first-order valence-corrected chi connectivity index (χ1v) is 7.42. The second kappa shape index (κ2) is 6.06. The highest BCUT2D eigenvalue weighted by molar-refractivity contribution is 5.10. The van der Waals surface area contributed by atoms with Gasteiger partial charge in [0.25, 0.3) is 0 Å². The van der Waals surface area contributed by atoms with E-state index < -0.39 is 0 Å². The van der Waals surface area contributed by atoms with Crippen LogP contribution in [0, 0.1) is 5.41 Å². The highest BCUT2D eigenvalue weighted by atomic mass is 16.5. The lowest BCUT2D eigenvalue weighted by molar-refractivity contribution is 0.0620. The summed E-state index contributed by atoms with van der Waals surface area (Å²) in [6.45, 7) is 11.6. The zero-order chi connectivity index (χ0) is 13.9. The molecule has 0 saturated carbocycles. The molecule has 0 aromatic carbocycles. The Balaban J connectivity index is 2.09. The van der Waals surface area contributed by atoms with Gasteiger partial charge in [0.15, 0.2) is 0 Å². The van der Waals surface area contributed by atoms with E-state index in [-0.39, 0.29) is 5.41 Å². The Bertz CT molecular complexity index is 402. The van der Waals surface area contributed by atoms with E-state index in [1.807, 2.05) is 10.9 Å². The molecule has 0 amide bonds. The highest BCUT2D eigenvalue weighted by Gasteiger charge is 2.41. The van der Waals surface area contributed by atoms with Crippen LogP contribution in [0.4, 0.5) is 0 Å². The minimum absolute atomic E-state index is 0.214. The molecule has 2 rings (SSSR count). The second-order valence-corrected chi connectivity index (χ2v) is 6.04. The summed E-state index contributed by atoms with van der Waals surface area (Å²) in [6.07, 6.45) is 6.66. The second-order valence-electron chi connectivity index (χ2n) is 6.04. The fourth-order valence-corrected chi connectivity index (χ4v) is 2.83. The maximum absolute atomic E-state index is 5.84. The van der Waals surface area contributed by atoms with Gasteiger partial charge in [-0.15, -0.1) is 0 Å². The van der Waals surface area contributed by atoms with Crippen LogP contribution in [-0.4, -0.2) is 35.1 Å². The van der Waals surface area contributed by atoms with E-state index in [4.69, 9.17) is 4.74 Å². The van der Waals surface area contributed by atoms with Crippen LogP contribution in [0.25, 0.3) is 0 Å². The number of ether oxygens (including phenoxy) is 1. The smallest absolute Gasteiger partial charge is 0.0619 e. The van der Waals surface area contributed by atoms with Gasteiger partial charge in [-0.25, -0.2) is 0 Å². The Hall–Kier alpha value is -0.870. The first-order chi connectivity index (χ1) is 9.05. The molecule has 0 aliphatic carbocycles. The summed E-state index contributed by atoms with van der Waals surface area (Å²) in [5.74, 6) is 0.